The highest BCUT2D eigenvalue weighted by atomic mass is 14.9. The molecule has 1 aromatic heterocycles. The van der Waals surface area contributed by atoms with Gasteiger partial charge in [0.15, 0.2) is 0 Å². The Morgan fingerprint density at radius 1 is 1.43 bits per heavy atom. The van der Waals surface area contributed by atoms with Gasteiger partial charge in [-0.2, -0.15) is 5.26 Å². The van der Waals surface area contributed by atoms with Crippen LogP contribution in [0.25, 0.3) is 10.9 Å². The summed E-state index contributed by atoms with van der Waals surface area (Å²) in [4.78, 5) is 0. The van der Waals surface area contributed by atoms with Gasteiger partial charge in [-0.05, 0) is 30.2 Å². The van der Waals surface area contributed by atoms with E-state index >= 15 is 0 Å². The van der Waals surface area contributed by atoms with Gasteiger partial charge in [-0.3, -0.25) is 0 Å². The number of benzene rings is 1. The summed E-state index contributed by atoms with van der Waals surface area (Å²) >= 11 is 0. The fourth-order valence-corrected chi connectivity index (χ4v) is 1.80. The van der Waals surface area contributed by atoms with Crippen LogP contribution in [0.1, 0.15) is 18.1 Å². The molecule has 0 radical (unpaired) electrons. The third-order valence-corrected chi connectivity index (χ3v) is 2.56. The molecule has 0 aliphatic heterocycles. The molecule has 0 aliphatic rings. The zero-order chi connectivity index (χ0) is 10.1. The van der Waals surface area contributed by atoms with Gasteiger partial charge in [0.2, 0.25) is 0 Å². The molecule has 0 aliphatic carbocycles. The summed E-state index contributed by atoms with van der Waals surface area (Å²) in [7, 11) is 1.97. The fraction of sp³-hybridized carbons (Fsp3) is 0.250. The summed E-state index contributed by atoms with van der Waals surface area (Å²) in [6.45, 7) is 2.10. The monoisotopic (exact) mass is 184 g/mol. The highest BCUT2D eigenvalue weighted by molar-refractivity contribution is 5.86. The van der Waals surface area contributed by atoms with Crippen molar-refractivity contribution in [2.45, 2.75) is 13.3 Å². The van der Waals surface area contributed by atoms with Gasteiger partial charge in [-0.15, -0.1) is 0 Å². The molecule has 0 spiro atoms. The summed E-state index contributed by atoms with van der Waals surface area (Å²) in [5.74, 6) is 0. The first kappa shape index (κ1) is 8.83. The van der Waals surface area contributed by atoms with Crippen molar-refractivity contribution in [3.05, 3.63) is 35.5 Å². The van der Waals surface area contributed by atoms with E-state index in [0.29, 0.717) is 0 Å². The molecule has 0 saturated carbocycles. The van der Waals surface area contributed by atoms with Crippen LogP contribution in [0, 0.1) is 11.3 Å². The maximum Gasteiger partial charge on any atom is 0.101 e. The Hall–Kier alpha value is -1.75. The first-order valence-electron chi connectivity index (χ1n) is 4.74. The molecule has 0 fully saturated rings. The lowest BCUT2D eigenvalue weighted by Gasteiger charge is -2.02. The Labute approximate surface area is 83.4 Å². The minimum atomic E-state index is 0.770. The van der Waals surface area contributed by atoms with E-state index in [9.17, 15) is 0 Å². The second-order valence-corrected chi connectivity index (χ2v) is 3.47. The summed E-state index contributed by atoms with van der Waals surface area (Å²) in [5, 5.41) is 10.2. The Morgan fingerprint density at radius 3 is 2.86 bits per heavy atom. The second-order valence-electron chi connectivity index (χ2n) is 3.47. The minimum Gasteiger partial charge on any atom is -0.349 e. The molecule has 2 heteroatoms. The molecule has 2 nitrogen and oxygen atoms in total. The number of aryl methyl sites for hydroxylation is 2. The number of nitrogens with zero attached hydrogens (tertiary/aromatic N) is 2. The van der Waals surface area contributed by atoms with Crippen molar-refractivity contribution in [2.75, 3.05) is 0 Å². The largest absolute Gasteiger partial charge is 0.349 e. The number of aromatic nitrogens is 1. The molecule has 2 rings (SSSR count). The number of nitriles is 1. The van der Waals surface area contributed by atoms with Gasteiger partial charge >= 0.3 is 0 Å². The molecule has 0 unspecified atom stereocenters. The molecule has 1 heterocycles. The van der Waals surface area contributed by atoms with Gasteiger partial charge in [0.1, 0.15) is 6.07 Å². The van der Waals surface area contributed by atoms with Gasteiger partial charge in [0.05, 0.1) is 11.1 Å². The van der Waals surface area contributed by atoms with E-state index in [1.807, 2.05) is 23.9 Å². The van der Waals surface area contributed by atoms with Crippen LogP contribution in [0.15, 0.2) is 24.4 Å². The van der Waals surface area contributed by atoms with Crippen molar-refractivity contribution >= 4 is 10.9 Å². The maximum atomic E-state index is 9.04. The molecule has 14 heavy (non-hydrogen) atoms. The quantitative estimate of drug-likeness (QED) is 0.669. The Balaban J connectivity index is 2.84. The number of fused-ring (bicyclic) bond motifs is 1. The van der Waals surface area contributed by atoms with E-state index in [2.05, 4.69) is 25.1 Å². The van der Waals surface area contributed by atoms with E-state index in [4.69, 9.17) is 5.26 Å². The predicted molar refractivity (Wildman–Crippen MR) is 57.0 cm³/mol. The van der Waals surface area contributed by atoms with Crippen LogP contribution in [0.3, 0.4) is 0 Å². The average molecular weight is 184 g/mol. The second kappa shape index (κ2) is 3.19. The van der Waals surface area contributed by atoms with Crippen LogP contribution in [-0.4, -0.2) is 4.57 Å². The maximum absolute atomic E-state index is 9.04. The standard InChI is InChI=1S/C12H12N2/c1-3-9-6-10-4-5-14(2)12(10)11(7-9)8-13/h4-7H,3H2,1-2H3. The van der Waals surface area contributed by atoms with Crippen LogP contribution in [0.4, 0.5) is 0 Å². The lowest BCUT2D eigenvalue weighted by atomic mass is 10.1. The molecule has 0 N–H and O–H groups in total. The molecule has 0 amide bonds. The van der Waals surface area contributed by atoms with Crippen LogP contribution >= 0.6 is 0 Å². The van der Waals surface area contributed by atoms with Crippen molar-refractivity contribution in [1.82, 2.24) is 4.57 Å². The summed E-state index contributed by atoms with van der Waals surface area (Å²) < 4.78 is 1.99. The van der Waals surface area contributed by atoms with Crippen molar-refractivity contribution in [2.24, 2.45) is 7.05 Å². The lowest BCUT2D eigenvalue weighted by Crippen LogP contribution is -1.90. The topological polar surface area (TPSA) is 28.7 Å². The predicted octanol–water partition coefficient (Wildman–Crippen LogP) is 2.61. The Kier molecular flexibility index (Phi) is 2.01. The minimum absolute atomic E-state index is 0.770. The molecule has 0 saturated heterocycles. The average Bonchev–Trinajstić information content (AvgIpc) is 2.59. The van der Waals surface area contributed by atoms with E-state index in [1.165, 1.54) is 5.56 Å². The fourth-order valence-electron chi connectivity index (χ4n) is 1.80. The van der Waals surface area contributed by atoms with Crippen molar-refractivity contribution in [3.63, 3.8) is 0 Å². The zero-order valence-corrected chi connectivity index (χ0v) is 8.41. The number of hydrogen-bond donors (Lipinski definition) is 0. The SMILES string of the molecule is CCc1cc(C#N)c2c(ccn2C)c1. The molecular weight excluding hydrogens is 172 g/mol. The molecule has 0 bridgehead atoms. The molecule has 70 valence electrons. The molecule has 1 aromatic carbocycles. The third kappa shape index (κ3) is 1.18. The normalized spacial score (nSPS) is 10.4. The number of rotatable bonds is 1. The highest BCUT2D eigenvalue weighted by Crippen LogP contribution is 2.21. The lowest BCUT2D eigenvalue weighted by molar-refractivity contribution is 0.966. The van der Waals surface area contributed by atoms with Gasteiger partial charge in [-0.25, -0.2) is 0 Å². The summed E-state index contributed by atoms with van der Waals surface area (Å²) in [6, 6.07) is 8.43. The van der Waals surface area contributed by atoms with Crippen LogP contribution < -0.4 is 0 Å². The van der Waals surface area contributed by atoms with Crippen LogP contribution in [-0.2, 0) is 13.5 Å². The van der Waals surface area contributed by atoms with E-state index in [1.54, 1.807) is 0 Å². The third-order valence-electron chi connectivity index (χ3n) is 2.56. The van der Waals surface area contributed by atoms with Gasteiger partial charge in [0.25, 0.3) is 0 Å². The number of hydrogen-bond acceptors (Lipinski definition) is 1. The molecule has 0 atom stereocenters. The van der Waals surface area contributed by atoms with Crippen molar-refractivity contribution < 1.29 is 0 Å². The Bertz CT molecular complexity index is 515. The van der Waals surface area contributed by atoms with Gasteiger partial charge in [-0.1, -0.05) is 6.92 Å². The van der Waals surface area contributed by atoms with E-state index in [0.717, 1.165) is 22.9 Å². The van der Waals surface area contributed by atoms with Gasteiger partial charge in [0, 0.05) is 18.6 Å². The van der Waals surface area contributed by atoms with Crippen molar-refractivity contribution in [3.8, 4) is 6.07 Å². The zero-order valence-electron chi connectivity index (χ0n) is 8.41. The van der Waals surface area contributed by atoms with Crippen LogP contribution in [0.2, 0.25) is 0 Å². The van der Waals surface area contributed by atoms with Crippen LogP contribution in [0.5, 0.6) is 0 Å². The molecule has 2 aromatic rings. The first-order chi connectivity index (χ1) is 6.76. The van der Waals surface area contributed by atoms with Gasteiger partial charge < -0.3 is 4.57 Å². The highest BCUT2D eigenvalue weighted by Gasteiger charge is 2.05. The van der Waals surface area contributed by atoms with E-state index < -0.39 is 0 Å². The van der Waals surface area contributed by atoms with E-state index in [-0.39, 0.29) is 0 Å². The molecular formula is C12H12N2. The smallest absolute Gasteiger partial charge is 0.101 e. The van der Waals surface area contributed by atoms with Crippen molar-refractivity contribution in [1.29, 1.82) is 5.26 Å². The Morgan fingerprint density at radius 2 is 2.21 bits per heavy atom. The summed E-state index contributed by atoms with van der Waals surface area (Å²) in [6.07, 6.45) is 2.96. The summed E-state index contributed by atoms with van der Waals surface area (Å²) in [5.41, 5.74) is 3.02. The first-order valence-corrected chi connectivity index (χ1v) is 4.74.